The first kappa shape index (κ1) is 36.7. The van der Waals surface area contributed by atoms with Crippen molar-refractivity contribution in [1.82, 2.24) is 0 Å². The van der Waals surface area contributed by atoms with Crippen LogP contribution in [0.4, 0.5) is 0 Å². The Morgan fingerprint density at radius 3 is 1.17 bits per heavy atom. The molecule has 12 heavy (non-hydrogen) atoms. The van der Waals surface area contributed by atoms with Crippen molar-refractivity contribution in [3.05, 3.63) is 33.4 Å². The third kappa shape index (κ3) is 281. The van der Waals surface area contributed by atoms with E-state index >= 15 is 0 Å². The van der Waals surface area contributed by atoms with E-state index in [0.717, 1.165) is 0 Å². The van der Waals surface area contributed by atoms with E-state index in [9.17, 15) is 0 Å². The van der Waals surface area contributed by atoms with E-state index in [2.05, 4.69) is 39.3 Å². The van der Waals surface area contributed by atoms with Crippen LogP contribution in [0, 0.1) is 26.8 Å². The molecule has 0 amide bonds. The van der Waals surface area contributed by atoms with Crippen molar-refractivity contribution in [3.8, 4) is 0 Å². The van der Waals surface area contributed by atoms with Crippen molar-refractivity contribution >= 4 is 16.2 Å². The molecule has 61 valence electrons. The monoisotopic (exact) mass is 413 g/mol. The van der Waals surface area contributed by atoms with Gasteiger partial charge in [-0.05, 0) is 0 Å². The Kier molecular flexibility index (Phi) is 154. The number of hydrogen-bond acceptors (Lipinski definition) is 2. The van der Waals surface area contributed by atoms with E-state index in [-0.39, 0.29) is 98.1 Å². The molecule has 0 aromatic carbocycles. The van der Waals surface area contributed by atoms with Crippen molar-refractivity contribution in [2.24, 2.45) is 0 Å². The molecule has 0 aromatic heterocycles. The Balaban J connectivity index is -0.0000000105. The van der Waals surface area contributed by atoms with Crippen molar-refractivity contribution in [3.63, 3.8) is 0 Å². The first-order chi connectivity index (χ1) is 4.15. The molecule has 0 spiro atoms. The van der Waals surface area contributed by atoms with Crippen LogP contribution in [0.5, 0.6) is 0 Å². The molecule has 0 rings (SSSR count). The van der Waals surface area contributed by atoms with Crippen LogP contribution in [-0.2, 0) is 108 Å². The summed E-state index contributed by atoms with van der Waals surface area (Å²) in [6.45, 7) is 12.2. The van der Waals surface area contributed by atoms with Crippen LogP contribution >= 0.6 is 0 Å². The van der Waals surface area contributed by atoms with Gasteiger partial charge in [0, 0.05) is 124 Å². The molecule has 0 aliphatic carbocycles. The first-order valence-electron chi connectivity index (χ1n) is 1.83. The number of rotatable bonds is 0. The Morgan fingerprint density at radius 1 is 1.17 bits per heavy atom. The Bertz CT molecular complexity index is 121. The molecule has 0 heterocycles. The molecular weight excluding hydrogens is 403 g/mol. The maximum Gasteiger partial charge on any atom is 0.206 e. The van der Waals surface area contributed by atoms with Gasteiger partial charge < -0.3 is 0 Å². The van der Waals surface area contributed by atoms with Crippen LogP contribution in [0.2, 0.25) is 0 Å². The fraction of sp³-hybridized carbons (Fsp3) is 0. The maximum atomic E-state index is 8.89. The van der Waals surface area contributed by atoms with Crippen LogP contribution in [0.3, 0.4) is 0 Å². The van der Waals surface area contributed by atoms with Crippen molar-refractivity contribution in [1.29, 1.82) is 0 Å². The largest absolute Gasteiger partial charge is 0.206 e. The fourth-order valence-corrected chi connectivity index (χ4v) is 0. The van der Waals surface area contributed by atoms with Gasteiger partial charge in [0.25, 0.3) is 0 Å². The molecule has 0 atom stereocenters. The molecule has 0 unspecified atom stereocenters. The molecule has 0 saturated carbocycles. The third-order valence-electron chi connectivity index (χ3n) is 0. The molecule has 6 heteroatoms. The molecule has 0 aromatic rings. The van der Waals surface area contributed by atoms with Crippen LogP contribution in [0.1, 0.15) is 0 Å². The molecular formula is C6H10O2SY3. The summed E-state index contributed by atoms with van der Waals surface area (Å²) in [6, 6.07) is 0. The van der Waals surface area contributed by atoms with Crippen molar-refractivity contribution < 1.29 is 107 Å². The van der Waals surface area contributed by atoms with Gasteiger partial charge in [0.1, 0.15) is 0 Å². The summed E-state index contributed by atoms with van der Waals surface area (Å²) in [4.78, 5) is 0. The summed E-state index contributed by atoms with van der Waals surface area (Å²) < 4.78 is 17.8. The Hall–Kier alpha value is 2.39. The van der Waals surface area contributed by atoms with Gasteiger partial charge in [0.2, 0.25) is 10.3 Å². The zero-order valence-corrected chi connectivity index (χ0v) is 16.3. The Labute approximate surface area is 153 Å². The summed E-state index contributed by atoms with van der Waals surface area (Å²) in [6.07, 6.45) is 2.25. The van der Waals surface area contributed by atoms with Gasteiger partial charge >= 0.3 is 0 Å². The van der Waals surface area contributed by atoms with E-state index in [0.29, 0.717) is 0 Å². The standard InChI is InChI=1S/C3H4.C2H4.CH2O2S.3Y/c1-3-2;1-2;1-4(2)3;;;/h1-2H2;1-2H2;1H2;;;. The topological polar surface area (TPSA) is 34.1 Å². The van der Waals surface area contributed by atoms with Gasteiger partial charge in [0.15, 0.2) is 0 Å². The normalized spacial score (nSPS) is 3.08. The van der Waals surface area contributed by atoms with Crippen LogP contribution in [0.25, 0.3) is 0 Å². The molecule has 0 saturated heterocycles. The fourth-order valence-electron chi connectivity index (χ4n) is 0. The number of hydrogen-bond donors (Lipinski definition) is 0. The number of allylic oxidation sites excluding steroid dienone is 1. The molecule has 2 nitrogen and oxygen atoms in total. The first-order valence-corrected chi connectivity index (χ1v) is 3.07. The zero-order chi connectivity index (χ0) is 8.28. The zero-order valence-electron chi connectivity index (χ0n) is 6.99. The van der Waals surface area contributed by atoms with Crippen molar-refractivity contribution in [2.45, 2.75) is 0 Å². The second kappa shape index (κ2) is 50.3. The van der Waals surface area contributed by atoms with Gasteiger partial charge in [-0.2, -0.15) is 15.3 Å². The minimum atomic E-state index is -2.11. The predicted octanol–water partition coefficient (Wildman–Crippen LogP) is 0.754. The summed E-state index contributed by atoms with van der Waals surface area (Å²) in [7, 11) is -2.11. The average Bonchev–Trinajstić information content (AvgIpc) is 1.71. The van der Waals surface area contributed by atoms with E-state index < -0.39 is 10.3 Å². The van der Waals surface area contributed by atoms with Crippen LogP contribution in [-0.4, -0.2) is 14.3 Å². The summed E-state index contributed by atoms with van der Waals surface area (Å²) in [5.74, 6) is 2.56. The van der Waals surface area contributed by atoms with Crippen molar-refractivity contribution in [2.75, 3.05) is 0 Å². The SMILES string of the molecule is C=S(=O)=O.C=[C+][CH2-].[CH2+][CH2-].[Y].[Y].[Y]. The van der Waals surface area contributed by atoms with Crippen LogP contribution < -0.4 is 0 Å². The summed E-state index contributed by atoms with van der Waals surface area (Å²) >= 11 is 0. The summed E-state index contributed by atoms with van der Waals surface area (Å²) in [5, 5.41) is 0. The van der Waals surface area contributed by atoms with Crippen LogP contribution in [0.15, 0.2) is 6.58 Å². The average molecular weight is 413 g/mol. The van der Waals surface area contributed by atoms with E-state index in [4.69, 9.17) is 8.42 Å². The molecule has 0 aliphatic heterocycles. The quantitative estimate of drug-likeness (QED) is 0.435. The second-order valence-corrected chi connectivity index (χ2v) is 1.16. The molecule has 0 N–H and O–H groups in total. The summed E-state index contributed by atoms with van der Waals surface area (Å²) in [5.41, 5.74) is 0. The van der Waals surface area contributed by atoms with Gasteiger partial charge in [-0.3, -0.25) is 0 Å². The minimum absolute atomic E-state index is 0. The smallest absolute Gasteiger partial charge is 0.185 e. The van der Waals surface area contributed by atoms with Gasteiger partial charge in [-0.1, -0.05) is 6.92 Å². The van der Waals surface area contributed by atoms with Gasteiger partial charge in [-0.25, -0.2) is 0 Å². The van der Waals surface area contributed by atoms with E-state index in [1.54, 1.807) is 0 Å². The van der Waals surface area contributed by atoms with E-state index in [1.165, 1.54) is 0 Å². The molecule has 0 bridgehead atoms. The molecule has 3 radical (unpaired) electrons. The predicted molar refractivity (Wildman–Crippen MR) is 41.0 cm³/mol. The minimum Gasteiger partial charge on any atom is -0.185 e. The Morgan fingerprint density at radius 2 is 1.17 bits per heavy atom. The second-order valence-electron chi connectivity index (χ2n) is 0.554. The van der Waals surface area contributed by atoms with Gasteiger partial charge in [0.05, 0.1) is 0 Å². The third-order valence-corrected chi connectivity index (χ3v) is 0. The maximum absolute atomic E-state index is 8.89. The van der Waals surface area contributed by atoms with Gasteiger partial charge in [-0.15, -0.1) is 0 Å². The molecule has 0 aliphatic rings. The van der Waals surface area contributed by atoms with E-state index in [1.807, 2.05) is 0 Å². The molecule has 0 fully saturated rings.